The zero-order chi connectivity index (χ0) is 28.7. The van der Waals surface area contributed by atoms with Crippen LogP contribution in [0.25, 0.3) is 24.3 Å². The first-order chi connectivity index (χ1) is 19.0. The van der Waals surface area contributed by atoms with Crippen molar-refractivity contribution in [2.45, 2.75) is 51.7 Å². The predicted octanol–water partition coefficient (Wildman–Crippen LogP) is 6.82. The number of aliphatic hydroxyl groups is 1. The summed E-state index contributed by atoms with van der Waals surface area (Å²) < 4.78 is 18.0. The smallest absolute Gasteiger partial charge is 0.165 e. The molecule has 5 rings (SSSR count). The summed E-state index contributed by atoms with van der Waals surface area (Å²) in [5, 5.41) is 21.6. The molecule has 1 aliphatic carbocycles. The number of nitrogens with two attached hydrogens (primary N) is 1. The van der Waals surface area contributed by atoms with Gasteiger partial charge in [-0.05, 0) is 96.3 Å². The molecular weight excluding hydrogens is 502 g/mol. The Labute approximate surface area is 236 Å². The molecule has 3 aromatic rings. The maximum atomic E-state index is 10.8. The molecule has 2 aliphatic rings. The van der Waals surface area contributed by atoms with Crippen LogP contribution < -0.4 is 19.9 Å². The van der Waals surface area contributed by atoms with E-state index in [1.165, 1.54) is 0 Å². The Hall–Kier alpha value is -3.90. The van der Waals surface area contributed by atoms with Gasteiger partial charge in [0.25, 0.3) is 0 Å². The van der Waals surface area contributed by atoms with E-state index < -0.39 is 0 Å². The lowest BCUT2D eigenvalue weighted by molar-refractivity contribution is -0.138. The van der Waals surface area contributed by atoms with Crippen molar-refractivity contribution in [1.29, 1.82) is 0 Å². The van der Waals surface area contributed by atoms with Gasteiger partial charge in [-0.2, -0.15) is 0 Å². The molecule has 0 spiro atoms. The lowest BCUT2D eigenvalue weighted by Gasteiger charge is -2.55. The molecule has 0 radical (unpaired) electrons. The van der Waals surface area contributed by atoms with E-state index in [2.05, 4.69) is 26.8 Å². The van der Waals surface area contributed by atoms with Crippen molar-refractivity contribution in [1.82, 2.24) is 0 Å². The number of phenolic OH excluding ortho intramolecular Hbond substituents is 1. The van der Waals surface area contributed by atoms with E-state index in [0.717, 1.165) is 47.3 Å². The lowest BCUT2D eigenvalue weighted by atomic mass is 9.57. The van der Waals surface area contributed by atoms with Gasteiger partial charge in [0.15, 0.2) is 11.5 Å². The van der Waals surface area contributed by atoms with Crippen LogP contribution in [0.5, 0.6) is 23.0 Å². The second-order valence-electron chi connectivity index (χ2n) is 11.7. The van der Waals surface area contributed by atoms with Crippen LogP contribution in [-0.2, 0) is 6.42 Å². The van der Waals surface area contributed by atoms with E-state index in [9.17, 15) is 10.2 Å². The number of hydrogen-bond donors (Lipinski definition) is 3. The maximum absolute atomic E-state index is 10.8. The minimum absolute atomic E-state index is 0.125. The van der Waals surface area contributed by atoms with E-state index in [1.54, 1.807) is 20.3 Å². The van der Waals surface area contributed by atoms with Gasteiger partial charge in [-0.1, -0.05) is 44.2 Å². The number of phenols is 1. The molecule has 1 unspecified atom stereocenters. The van der Waals surface area contributed by atoms with Crippen LogP contribution in [-0.4, -0.2) is 36.1 Å². The first-order valence-electron chi connectivity index (χ1n) is 13.7. The van der Waals surface area contributed by atoms with E-state index >= 15 is 0 Å². The molecule has 210 valence electrons. The van der Waals surface area contributed by atoms with Crippen molar-refractivity contribution in [2.24, 2.45) is 11.3 Å². The van der Waals surface area contributed by atoms with Crippen LogP contribution in [0, 0.1) is 11.3 Å². The zero-order valence-electron chi connectivity index (χ0n) is 23.9. The highest BCUT2D eigenvalue weighted by atomic mass is 16.5. The molecule has 40 heavy (non-hydrogen) atoms. The molecule has 0 bridgehead atoms. The van der Waals surface area contributed by atoms with Gasteiger partial charge in [-0.15, -0.1) is 0 Å². The number of nitrogen functional groups attached to an aromatic ring is 1. The highest BCUT2D eigenvalue weighted by Gasteiger charge is 2.54. The number of aromatic hydroxyl groups is 1. The van der Waals surface area contributed by atoms with Gasteiger partial charge in [0.2, 0.25) is 0 Å². The summed E-state index contributed by atoms with van der Waals surface area (Å²) in [5.41, 5.74) is 10.3. The van der Waals surface area contributed by atoms with Crippen molar-refractivity contribution in [3.8, 4) is 23.0 Å². The topological polar surface area (TPSA) is 94.2 Å². The SMILES string of the molecule is COc1cc(/C=C/c2cc3c(c(OC)c2)O[C@]2(C)CC[C@@H](O)C(C)(C)C2C3)cc(O)c1/C=C/c1ccc(N)cc1. The molecular formula is C34H39NO5. The van der Waals surface area contributed by atoms with Gasteiger partial charge in [0.1, 0.15) is 17.1 Å². The first kappa shape index (κ1) is 27.7. The van der Waals surface area contributed by atoms with Crippen LogP contribution in [0.3, 0.4) is 0 Å². The summed E-state index contributed by atoms with van der Waals surface area (Å²) in [5.74, 6) is 2.36. The fraction of sp³-hybridized carbons (Fsp3) is 0.353. The molecule has 0 aromatic heterocycles. The third kappa shape index (κ3) is 5.16. The van der Waals surface area contributed by atoms with Gasteiger partial charge >= 0.3 is 0 Å². The molecule has 1 fully saturated rings. The number of benzene rings is 3. The Bertz CT molecular complexity index is 1460. The van der Waals surface area contributed by atoms with Gasteiger partial charge in [-0.25, -0.2) is 0 Å². The second-order valence-corrected chi connectivity index (χ2v) is 11.7. The van der Waals surface area contributed by atoms with Crippen LogP contribution in [0.15, 0.2) is 48.5 Å². The third-order valence-electron chi connectivity index (χ3n) is 8.75. The minimum atomic E-state index is -0.354. The molecule has 1 saturated carbocycles. The average molecular weight is 542 g/mol. The molecule has 3 aromatic carbocycles. The minimum Gasteiger partial charge on any atom is -0.507 e. The number of hydrogen-bond acceptors (Lipinski definition) is 6. The van der Waals surface area contributed by atoms with Crippen molar-refractivity contribution in [3.05, 3.63) is 76.3 Å². The van der Waals surface area contributed by atoms with Crippen LogP contribution >= 0.6 is 0 Å². The monoisotopic (exact) mass is 541 g/mol. The Balaban J connectivity index is 1.43. The van der Waals surface area contributed by atoms with E-state index in [1.807, 2.05) is 60.7 Å². The largest absolute Gasteiger partial charge is 0.507 e. The van der Waals surface area contributed by atoms with Gasteiger partial charge in [0, 0.05) is 11.6 Å². The Morgan fingerprint density at radius 1 is 0.875 bits per heavy atom. The molecule has 6 heteroatoms. The van der Waals surface area contributed by atoms with E-state index in [0.29, 0.717) is 22.7 Å². The zero-order valence-corrected chi connectivity index (χ0v) is 23.9. The average Bonchev–Trinajstić information content (AvgIpc) is 2.93. The summed E-state index contributed by atoms with van der Waals surface area (Å²) in [7, 11) is 3.25. The summed E-state index contributed by atoms with van der Waals surface area (Å²) in [6.07, 6.45) is 9.66. The van der Waals surface area contributed by atoms with Crippen LogP contribution in [0.2, 0.25) is 0 Å². The molecule has 0 saturated heterocycles. The fourth-order valence-electron chi connectivity index (χ4n) is 6.29. The molecule has 1 heterocycles. The van der Waals surface area contributed by atoms with Crippen LogP contribution in [0.4, 0.5) is 5.69 Å². The Morgan fingerprint density at radius 3 is 2.17 bits per heavy atom. The van der Waals surface area contributed by atoms with Crippen LogP contribution in [0.1, 0.15) is 61.4 Å². The highest BCUT2D eigenvalue weighted by Crippen LogP contribution is 2.55. The Morgan fingerprint density at radius 2 is 1.50 bits per heavy atom. The van der Waals surface area contributed by atoms with Crippen molar-refractivity contribution < 1.29 is 24.4 Å². The number of fused-ring (bicyclic) bond motifs is 2. The van der Waals surface area contributed by atoms with E-state index in [4.69, 9.17) is 19.9 Å². The Kier molecular flexibility index (Phi) is 7.32. The number of anilines is 1. The van der Waals surface area contributed by atoms with Crippen molar-refractivity contribution >= 4 is 30.0 Å². The van der Waals surface area contributed by atoms with Crippen molar-refractivity contribution in [3.63, 3.8) is 0 Å². The normalized spacial score (nSPS) is 23.4. The standard InChI is InChI=1S/C34H39NO5/c1-33(2)30-20-24-16-22(19-29(39-5)32(24)40-34(30,3)15-14-31(33)37)6-7-23-17-27(36)26(28(18-23)38-4)13-10-21-8-11-25(35)12-9-21/h6-13,16-19,30-31,36-37H,14-15,20,35H2,1-5H3/b7-6+,13-10+/t30?,31-,34-/m1/s1. The van der Waals surface area contributed by atoms with Gasteiger partial charge in [-0.3, -0.25) is 0 Å². The number of rotatable bonds is 6. The molecule has 0 amide bonds. The van der Waals surface area contributed by atoms with Crippen molar-refractivity contribution in [2.75, 3.05) is 20.0 Å². The summed E-state index contributed by atoms with van der Waals surface area (Å²) in [6, 6.07) is 15.2. The fourth-order valence-corrected chi connectivity index (χ4v) is 6.29. The number of ether oxygens (including phenoxy) is 3. The summed E-state index contributed by atoms with van der Waals surface area (Å²) in [4.78, 5) is 0. The summed E-state index contributed by atoms with van der Waals surface area (Å²) in [6.45, 7) is 6.45. The predicted molar refractivity (Wildman–Crippen MR) is 162 cm³/mol. The lowest BCUT2D eigenvalue weighted by Crippen LogP contribution is -2.58. The molecule has 4 N–H and O–H groups in total. The molecule has 6 nitrogen and oxygen atoms in total. The van der Waals surface area contributed by atoms with E-state index in [-0.39, 0.29) is 28.8 Å². The second kappa shape index (κ2) is 10.6. The van der Waals surface area contributed by atoms with Gasteiger partial charge < -0.3 is 30.2 Å². The summed E-state index contributed by atoms with van der Waals surface area (Å²) >= 11 is 0. The molecule has 3 atom stereocenters. The number of methoxy groups -OCH3 is 2. The first-order valence-corrected chi connectivity index (χ1v) is 13.7. The van der Waals surface area contributed by atoms with Gasteiger partial charge in [0.05, 0.1) is 25.9 Å². The number of aliphatic hydroxyl groups excluding tert-OH is 1. The molecule has 1 aliphatic heterocycles. The highest BCUT2D eigenvalue weighted by molar-refractivity contribution is 5.80. The quantitative estimate of drug-likeness (QED) is 0.234. The maximum Gasteiger partial charge on any atom is 0.165 e. The third-order valence-corrected chi connectivity index (χ3v) is 8.75.